The maximum Gasteiger partial charge on any atom is 0.260 e. The molecule has 0 bridgehead atoms. The molecule has 0 unspecified atom stereocenters. The number of fused-ring (bicyclic) bond motifs is 1. The van der Waals surface area contributed by atoms with E-state index in [1.165, 1.54) is 0 Å². The molecule has 5 rings (SSSR count). The number of aromatic amines is 1. The lowest BCUT2D eigenvalue weighted by Gasteiger charge is -2.43. The maximum atomic E-state index is 13.0. The van der Waals surface area contributed by atoms with E-state index in [0.717, 1.165) is 5.69 Å². The first-order valence-electron chi connectivity index (χ1n) is 11.0. The number of aryl methyl sites for hydroxylation is 1. The van der Waals surface area contributed by atoms with E-state index in [9.17, 15) is 9.59 Å². The van der Waals surface area contributed by atoms with Crippen LogP contribution in [0, 0.1) is 6.92 Å². The van der Waals surface area contributed by atoms with Crippen LogP contribution >= 0.6 is 0 Å². The molecule has 2 aliphatic heterocycles. The average Bonchev–Trinajstić information content (AvgIpc) is 3.14. The number of methoxy groups -OCH3 is 2. The fourth-order valence-electron chi connectivity index (χ4n) is 5.11. The molecule has 1 aromatic heterocycles. The van der Waals surface area contributed by atoms with Crippen LogP contribution in [-0.2, 0) is 4.79 Å². The molecule has 0 aliphatic carbocycles. The largest absolute Gasteiger partial charge is 0.493 e. The normalized spacial score (nSPS) is 17.5. The minimum atomic E-state index is -0.595. The van der Waals surface area contributed by atoms with Crippen molar-refractivity contribution in [3.63, 3.8) is 0 Å². The van der Waals surface area contributed by atoms with Gasteiger partial charge in [-0.1, -0.05) is 18.2 Å². The first kappa shape index (κ1) is 21.1. The highest BCUT2D eigenvalue weighted by Crippen LogP contribution is 2.38. The molecule has 2 N–H and O–H groups in total. The second-order valence-corrected chi connectivity index (χ2v) is 8.47. The number of piperidine rings is 1. The lowest BCUT2D eigenvalue weighted by atomic mass is 9.85. The Kier molecular flexibility index (Phi) is 5.11. The standard InChI is InChI=1S/C24H27N5O4/c1-15-19-17(13-18(32-2)20(15)33-3)26-23(27-21(19)30)28-11-9-24(10-12-28)22(31)25-14-29(24)16-7-5-4-6-8-16/h4-8,13H,9-12,14H2,1-3H3,(H,25,31)(H,26,27,30). The molecule has 3 heterocycles. The van der Waals surface area contributed by atoms with Crippen molar-refractivity contribution in [1.82, 2.24) is 15.3 Å². The highest BCUT2D eigenvalue weighted by molar-refractivity contribution is 5.93. The summed E-state index contributed by atoms with van der Waals surface area (Å²) in [5, 5.41) is 3.50. The summed E-state index contributed by atoms with van der Waals surface area (Å²) >= 11 is 0. The molecule has 9 nitrogen and oxygen atoms in total. The Hall–Kier alpha value is -3.75. The van der Waals surface area contributed by atoms with Crippen LogP contribution in [0.15, 0.2) is 41.2 Å². The molecular formula is C24H27N5O4. The number of H-pyrrole nitrogens is 1. The second kappa shape index (κ2) is 7.99. The first-order valence-corrected chi connectivity index (χ1v) is 11.0. The molecule has 2 aliphatic rings. The predicted octanol–water partition coefficient (Wildman–Crippen LogP) is 2.18. The molecule has 33 heavy (non-hydrogen) atoms. The number of ether oxygens (including phenoxy) is 2. The van der Waals surface area contributed by atoms with Crippen molar-refractivity contribution in [3.8, 4) is 11.5 Å². The van der Waals surface area contributed by atoms with Crippen molar-refractivity contribution in [2.45, 2.75) is 25.3 Å². The molecule has 2 aromatic carbocycles. The molecule has 2 fully saturated rings. The van der Waals surface area contributed by atoms with Gasteiger partial charge in [0.15, 0.2) is 11.5 Å². The molecule has 3 aromatic rings. The van der Waals surface area contributed by atoms with Crippen LogP contribution in [0.25, 0.3) is 10.9 Å². The highest BCUT2D eigenvalue weighted by Gasteiger charge is 2.50. The number of rotatable bonds is 4. The number of para-hydroxylation sites is 1. The van der Waals surface area contributed by atoms with E-state index in [2.05, 4.69) is 15.2 Å². The third-order valence-corrected chi connectivity index (χ3v) is 6.86. The highest BCUT2D eigenvalue weighted by atomic mass is 16.5. The molecule has 172 valence electrons. The Morgan fingerprint density at radius 2 is 1.79 bits per heavy atom. The van der Waals surface area contributed by atoms with Gasteiger partial charge in [-0.3, -0.25) is 14.6 Å². The molecule has 2 saturated heterocycles. The molecule has 1 amide bonds. The molecular weight excluding hydrogens is 422 g/mol. The number of anilines is 2. The van der Waals surface area contributed by atoms with E-state index >= 15 is 0 Å². The van der Waals surface area contributed by atoms with E-state index in [1.54, 1.807) is 20.3 Å². The van der Waals surface area contributed by atoms with Crippen molar-refractivity contribution in [1.29, 1.82) is 0 Å². The van der Waals surface area contributed by atoms with Gasteiger partial charge in [0.1, 0.15) is 5.54 Å². The number of hydrogen-bond acceptors (Lipinski definition) is 7. The number of hydrogen-bond donors (Lipinski definition) is 2. The Balaban J connectivity index is 1.46. The topological polar surface area (TPSA) is 99.8 Å². The average molecular weight is 450 g/mol. The zero-order valence-corrected chi connectivity index (χ0v) is 19.0. The SMILES string of the molecule is COc1cc2nc(N3CCC4(CC3)C(=O)NCN4c3ccccc3)[nH]c(=O)c2c(C)c1OC. The van der Waals surface area contributed by atoms with E-state index in [-0.39, 0.29) is 11.5 Å². The van der Waals surface area contributed by atoms with Gasteiger partial charge in [0.05, 0.1) is 31.8 Å². The van der Waals surface area contributed by atoms with Crippen molar-refractivity contribution < 1.29 is 14.3 Å². The van der Waals surface area contributed by atoms with Crippen molar-refractivity contribution in [3.05, 3.63) is 52.3 Å². The van der Waals surface area contributed by atoms with Gasteiger partial charge in [0.25, 0.3) is 5.56 Å². The Bertz CT molecular complexity index is 1270. The summed E-state index contributed by atoms with van der Waals surface area (Å²) in [6, 6.07) is 11.7. The number of aromatic nitrogens is 2. The third-order valence-electron chi connectivity index (χ3n) is 6.86. The molecule has 0 saturated carbocycles. The molecule has 1 spiro atoms. The minimum Gasteiger partial charge on any atom is -0.493 e. The summed E-state index contributed by atoms with van der Waals surface area (Å²) in [5.41, 5.74) is 1.44. The Morgan fingerprint density at radius 1 is 1.06 bits per heavy atom. The fraction of sp³-hybridized carbons (Fsp3) is 0.375. The predicted molar refractivity (Wildman–Crippen MR) is 126 cm³/mol. The van der Waals surface area contributed by atoms with Crippen molar-refractivity contribution in [2.24, 2.45) is 0 Å². The van der Waals surface area contributed by atoms with Gasteiger partial charge >= 0.3 is 0 Å². The van der Waals surface area contributed by atoms with Crippen LogP contribution in [0.2, 0.25) is 0 Å². The molecule has 0 radical (unpaired) electrons. The number of carbonyl (C=O) groups is 1. The van der Waals surface area contributed by atoms with Crippen LogP contribution in [0.1, 0.15) is 18.4 Å². The van der Waals surface area contributed by atoms with Gasteiger partial charge in [0.2, 0.25) is 11.9 Å². The summed E-state index contributed by atoms with van der Waals surface area (Å²) < 4.78 is 10.9. The zero-order valence-electron chi connectivity index (χ0n) is 19.0. The summed E-state index contributed by atoms with van der Waals surface area (Å²) in [6.45, 7) is 3.51. The fourth-order valence-corrected chi connectivity index (χ4v) is 5.11. The maximum absolute atomic E-state index is 13.0. The van der Waals surface area contributed by atoms with Crippen molar-refractivity contribution >= 4 is 28.4 Å². The Morgan fingerprint density at radius 3 is 2.45 bits per heavy atom. The van der Waals surface area contributed by atoms with E-state index in [0.29, 0.717) is 66.5 Å². The number of benzene rings is 2. The van der Waals surface area contributed by atoms with Crippen LogP contribution in [0.5, 0.6) is 11.5 Å². The van der Waals surface area contributed by atoms with Gasteiger partial charge in [-0.05, 0) is 31.9 Å². The van der Waals surface area contributed by atoms with Crippen molar-refractivity contribution in [2.75, 3.05) is 43.8 Å². The smallest absolute Gasteiger partial charge is 0.260 e. The van der Waals surface area contributed by atoms with Crippen LogP contribution in [-0.4, -0.2) is 55.4 Å². The van der Waals surface area contributed by atoms with E-state index in [1.807, 2.05) is 42.2 Å². The number of nitrogens with one attached hydrogen (secondary N) is 2. The lowest BCUT2D eigenvalue weighted by Crippen LogP contribution is -2.56. The van der Waals surface area contributed by atoms with Crippen LogP contribution in [0.3, 0.4) is 0 Å². The monoisotopic (exact) mass is 449 g/mol. The van der Waals surface area contributed by atoms with Gasteiger partial charge in [-0.15, -0.1) is 0 Å². The van der Waals surface area contributed by atoms with Crippen LogP contribution in [0.4, 0.5) is 11.6 Å². The summed E-state index contributed by atoms with van der Waals surface area (Å²) in [5.74, 6) is 1.61. The van der Waals surface area contributed by atoms with E-state index < -0.39 is 5.54 Å². The Labute approximate surface area is 191 Å². The summed E-state index contributed by atoms with van der Waals surface area (Å²) in [6.07, 6.45) is 1.25. The van der Waals surface area contributed by atoms with Gasteiger partial charge in [-0.25, -0.2) is 4.98 Å². The third kappa shape index (κ3) is 3.26. The molecule has 9 heteroatoms. The quantitative estimate of drug-likeness (QED) is 0.630. The number of carbonyl (C=O) groups excluding carboxylic acids is 1. The summed E-state index contributed by atoms with van der Waals surface area (Å²) in [7, 11) is 3.11. The lowest BCUT2D eigenvalue weighted by molar-refractivity contribution is -0.124. The summed E-state index contributed by atoms with van der Waals surface area (Å²) in [4.78, 5) is 37.7. The zero-order chi connectivity index (χ0) is 23.2. The minimum absolute atomic E-state index is 0.0541. The van der Waals surface area contributed by atoms with E-state index in [4.69, 9.17) is 14.5 Å². The van der Waals surface area contributed by atoms with Crippen LogP contribution < -0.4 is 30.1 Å². The number of nitrogens with zero attached hydrogens (tertiary/aromatic N) is 3. The van der Waals surface area contributed by atoms with Gasteiger partial charge in [-0.2, -0.15) is 0 Å². The first-order chi connectivity index (χ1) is 16.0. The molecule has 0 atom stereocenters. The van der Waals surface area contributed by atoms with Gasteiger partial charge < -0.3 is 24.6 Å². The number of amides is 1. The van der Waals surface area contributed by atoms with Gasteiger partial charge in [0, 0.05) is 30.4 Å². The second-order valence-electron chi connectivity index (χ2n) is 8.47.